The molecule has 0 saturated carbocycles. The molecule has 1 saturated heterocycles. The van der Waals surface area contributed by atoms with Gasteiger partial charge in [-0.2, -0.15) is 0 Å². The monoisotopic (exact) mass is 158 g/mol. The van der Waals surface area contributed by atoms with E-state index in [1.165, 1.54) is 0 Å². The molecular formula is C8H18N2O. The van der Waals surface area contributed by atoms with Crippen LogP contribution in [0.2, 0.25) is 0 Å². The van der Waals surface area contributed by atoms with Crippen molar-refractivity contribution in [3.63, 3.8) is 0 Å². The van der Waals surface area contributed by atoms with Gasteiger partial charge in [0, 0.05) is 19.1 Å². The molecule has 11 heavy (non-hydrogen) atoms. The second kappa shape index (κ2) is 4.04. The average Bonchev–Trinajstić information content (AvgIpc) is 1.85. The number of nitrogens with two attached hydrogens (primary N) is 1. The summed E-state index contributed by atoms with van der Waals surface area (Å²) < 4.78 is 0. The minimum atomic E-state index is -0.123. The van der Waals surface area contributed by atoms with Gasteiger partial charge in [-0.15, -0.1) is 0 Å². The van der Waals surface area contributed by atoms with E-state index in [0.29, 0.717) is 0 Å². The van der Waals surface area contributed by atoms with Crippen molar-refractivity contribution < 1.29 is 5.11 Å². The third-order valence-corrected chi connectivity index (χ3v) is 2.03. The van der Waals surface area contributed by atoms with E-state index in [-0.39, 0.29) is 12.1 Å². The summed E-state index contributed by atoms with van der Waals surface area (Å²) >= 11 is 0. The molecule has 1 unspecified atom stereocenters. The normalized spacial score (nSPS) is 30.3. The first-order valence-electron chi connectivity index (χ1n) is 4.34. The lowest BCUT2D eigenvalue weighted by Gasteiger charge is -2.30. The molecule has 1 rings (SSSR count). The van der Waals surface area contributed by atoms with E-state index in [4.69, 9.17) is 5.73 Å². The van der Waals surface area contributed by atoms with Gasteiger partial charge >= 0.3 is 0 Å². The molecule has 1 heterocycles. The molecule has 66 valence electrons. The first-order valence-corrected chi connectivity index (χ1v) is 4.34. The standard InChI is InChI=1S/C8H18N2O/c1-7(9)5-10-4-2-3-8(11)6-10/h7-8,11H,2-6,9H2,1H3/t7?,8-/m0/s1. The smallest absolute Gasteiger partial charge is 0.0667 e. The first-order chi connectivity index (χ1) is 5.18. The second-order valence-corrected chi connectivity index (χ2v) is 3.53. The molecule has 0 radical (unpaired) electrons. The van der Waals surface area contributed by atoms with E-state index < -0.39 is 0 Å². The number of aliphatic hydroxyl groups excluding tert-OH is 1. The summed E-state index contributed by atoms with van der Waals surface area (Å²) in [6, 6.07) is 0.222. The molecule has 3 nitrogen and oxygen atoms in total. The average molecular weight is 158 g/mol. The predicted molar refractivity (Wildman–Crippen MR) is 45.3 cm³/mol. The highest BCUT2D eigenvalue weighted by atomic mass is 16.3. The highest BCUT2D eigenvalue weighted by Crippen LogP contribution is 2.09. The predicted octanol–water partition coefficient (Wildman–Crippen LogP) is -0.210. The molecule has 0 aromatic carbocycles. The van der Waals surface area contributed by atoms with Crippen molar-refractivity contribution in [2.75, 3.05) is 19.6 Å². The van der Waals surface area contributed by atoms with Gasteiger partial charge in [-0.1, -0.05) is 0 Å². The summed E-state index contributed by atoms with van der Waals surface area (Å²) in [6.45, 7) is 4.82. The highest BCUT2D eigenvalue weighted by Gasteiger charge is 2.17. The number of hydrogen-bond acceptors (Lipinski definition) is 3. The van der Waals surface area contributed by atoms with Crippen molar-refractivity contribution in [3.8, 4) is 0 Å². The van der Waals surface area contributed by atoms with Gasteiger partial charge in [-0.3, -0.25) is 4.90 Å². The zero-order chi connectivity index (χ0) is 8.27. The summed E-state index contributed by atoms with van der Waals surface area (Å²) in [4.78, 5) is 2.23. The number of rotatable bonds is 2. The van der Waals surface area contributed by atoms with Crippen molar-refractivity contribution in [1.82, 2.24) is 4.90 Å². The first kappa shape index (κ1) is 8.97. The van der Waals surface area contributed by atoms with Crippen LogP contribution in [0.3, 0.4) is 0 Å². The summed E-state index contributed by atoms with van der Waals surface area (Å²) in [6.07, 6.45) is 1.94. The van der Waals surface area contributed by atoms with Crippen LogP contribution in [-0.2, 0) is 0 Å². The fourth-order valence-corrected chi connectivity index (χ4v) is 1.60. The Morgan fingerprint density at radius 3 is 3.00 bits per heavy atom. The fourth-order valence-electron chi connectivity index (χ4n) is 1.60. The Kier molecular flexibility index (Phi) is 3.30. The zero-order valence-corrected chi connectivity index (χ0v) is 7.16. The number of hydrogen-bond donors (Lipinski definition) is 2. The molecular weight excluding hydrogens is 140 g/mol. The fraction of sp³-hybridized carbons (Fsp3) is 1.00. The number of β-amino-alcohol motifs (C(OH)–C–C–N with tert-alkyl or cyclic N) is 1. The van der Waals surface area contributed by atoms with Crippen molar-refractivity contribution in [2.24, 2.45) is 5.73 Å². The molecule has 2 atom stereocenters. The number of nitrogens with zero attached hydrogens (tertiary/aromatic N) is 1. The molecule has 0 bridgehead atoms. The quantitative estimate of drug-likeness (QED) is 0.584. The van der Waals surface area contributed by atoms with E-state index in [2.05, 4.69) is 4.90 Å². The van der Waals surface area contributed by atoms with Gasteiger partial charge in [0.15, 0.2) is 0 Å². The molecule has 3 heteroatoms. The van der Waals surface area contributed by atoms with Crippen LogP contribution in [-0.4, -0.2) is 41.8 Å². The Balaban J connectivity index is 2.23. The van der Waals surface area contributed by atoms with Crippen LogP contribution in [0.5, 0.6) is 0 Å². The molecule has 0 spiro atoms. The van der Waals surface area contributed by atoms with Crippen LogP contribution < -0.4 is 5.73 Å². The largest absolute Gasteiger partial charge is 0.392 e. The minimum absolute atomic E-state index is 0.123. The lowest BCUT2D eigenvalue weighted by atomic mass is 10.1. The van der Waals surface area contributed by atoms with Gasteiger partial charge in [0.25, 0.3) is 0 Å². The molecule has 1 aliphatic heterocycles. The molecule has 1 fully saturated rings. The van der Waals surface area contributed by atoms with Crippen LogP contribution in [0.15, 0.2) is 0 Å². The molecule has 0 aliphatic carbocycles. The van der Waals surface area contributed by atoms with Crippen molar-refractivity contribution in [2.45, 2.75) is 31.9 Å². The lowest BCUT2D eigenvalue weighted by molar-refractivity contribution is 0.0685. The number of likely N-dealkylation sites (tertiary alicyclic amines) is 1. The molecule has 0 aromatic heterocycles. The Bertz CT molecular complexity index is 115. The zero-order valence-electron chi connectivity index (χ0n) is 7.16. The summed E-state index contributed by atoms with van der Waals surface area (Å²) in [7, 11) is 0. The van der Waals surface area contributed by atoms with Crippen LogP contribution in [0.25, 0.3) is 0 Å². The van der Waals surface area contributed by atoms with Crippen molar-refractivity contribution in [1.29, 1.82) is 0 Å². The maximum Gasteiger partial charge on any atom is 0.0667 e. The van der Waals surface area contributed by atoms with Gasteiger partial charge in [-0.05, 0) is 26.3 Å². The summed E-state index contributed by atoms with van der Waals surface area (Å²) in [5, 5.41) is 9.31. The topological polar surface area (TPSA) is 49.5 Å². The highest BCUT2D eigenvalue weighted by molar-refractivity contribution is 4.73. The van der Waals surface area contributed by atoms with Crippen LogP contribution >= 0.6 is 0 Å². The third kappa shape index (κ3) is 3.18. The maximum atomic E-state index is 9.31. The van der Waals surface area contributed by atoms with Gasteiger partial charge in [0.05, 0.1) is 6.10 Å². The minimum Gasteiger partial charge on any atom is -0.392 e. The number of aliphatic hydroxyl groups is 1. The Labute approximate surface area is 68.2 Å². The van der Waals surface area contributed by atoms with E-state index in [1.54, 1.807) is 0 Å². The Morgan fingerprint density at radius 1 is 1.73 bits per heavy atom. The summed E-state index contributed by atoms with van der Waals surface area (Å²) in [5.74, 6) is 0. The lowest BCUT2D eigenvalue weighted by Crippen LogP contribution is -2.43. The van der Waals surface area contributed by atoms with E-state index >= 15 is 0 Å². The molecule has 1 aliphatic rings. The molecule has 0 amide bonds. The van der Waals surface area contributed by atoms with E-state index in [0.717, 1.165) is 32.5 Å². The van der Waals surface area contributed by atoms with Gasteiger partial charge in [0.2, 0.25) is 0 Å². The van der Waals surface area contributed by atoms with Gasteiger partial charge in [0.1, 0.15) is 0 Å². The van der Waals surface area contributed by atoms with E-state index in [1.807, 2.05) is 6.92 Å². The summed E-state index contributed by atoms with van der Waals surface area (Å²) in [5.41, 5.74) is 5.65. The maximum absolute atomic E-state index is 9.31. The van der Waals surface area contributed by atoms with Crippen LogP contribution in [0.1, 0.15) is 19.8 Å². The second-order valence-electron chi connectivity index (χ2n) is 3.53. The Morgan fingerprint density at radius 2 is 2.45 bits per heavy atom. The van der Waals surface area contributed by atoms with Crippen molar-refractivity contribution in [3.05, 3.63) is 0 Å². The van der Waals surface area contributed by atoms with Crippen molar-refractivity contribution >= 4 is 0 Å². The molecule has 3 N–H and O–H groups in total. The van der Waals surface area contributed by atoms with E-state index in [9.17, 15) is 5.11 Å². The SMILES string of the molecule is CC(N)CN1CCC[C@H](O)C1. The van der Waals surface area contributed by atoms with Gasteiger partial charge in [-0.25, -0.2) is 0 Å². The number of piperidine rings is 1. The van der Waals surface area contributed by atoms with Crippen LogP contribution in [0.4, 0.5) is 0 Å². The molecule has 0 aromatic rings. The van der Waals surface area contributed by atoms with Gasteiger partial charge < -0.3 is 10.8 Å². The Hall–Kier alpha value is -0.120. The van der Waals surface area contributed by atoms with Crippen LogP contribution in [0, 0.1) is 0 Å². The third-order valence-electron chi connectivity index (χ3n) is 2.03.